The number of ether oxygens (including phenoxy) is 2. The zero-order valence-corrected chi connectivity index (χ0v) is 16.9. The number of hydrogen-bond donors (Lipinski definition) is 2. The lowest BCUT2D eigenvalue weighted by Crippen LogP contribution is -2.43. The minimum Gasteiger partial charge on any atom is -0.493 e. The normalized spacial score (nSPS) is 10.2. The van der Waals surface area contributed by atoms with Crippen molar-refractivity contribution in [3.8, 4) is 11.5 Å². The predicted octanol–water partition coefficient (Wildman–Crippen LogP) is 3.80. The Balaban J connectivity index is 1.44. The van der Waals surface area contributed by atoms with E-state index in [-0.39, 0.29) is 6.61 Å². The molecule has 3 aromatic rings. The fourth-order valence-electron chi connectivity index (χ4n) is 2.60. The van der Waals surface area contributed by atoms with Gasteiger partial charge in [0, 0.05) is 12.0 Å². The van der Waals surface area contributed by atoms with E-state index in [0.29, 0.717) is 28.7 Å². The number of carbonyl (C=O) groups is 2. The molecule has 0 heterocycles. The third-order valence-corrected chi connectivity index (χ3v) is 4.42. The standard InChI is InChI=1S/C23H21ClN2O4/c24-20-11-4-5-12-21(20)30-16-22(27)25-26-23(28)18-9-6-10-19(15-18)29-14-13-17-7-2-1-3-8-17/h1-12,15H,13-14,16H2,(H,25,27)(H,26,28). The number of hydrogen-bond acceptors (Lipinski definition) is 4. The molecule has 2 amide bonds. The van der Waals surface area contributed by atoms with Crippen LogP contribution >= 0.6 is 11.6 Å². The summed E-state index contributed by atoms with van der Waals surface area (Å²) < 4.78 is 11.0. The maximum absolute atomic E-state index is 12.3. The first kappa shape index (κ1) is 21.2. The van der Waals surface area contributed by atoms with Gasteiger partial charge in [0.25, 0.3) is 11.8 Å². The van der Waals surface area contributed by atoms with Gasteiger partial charge in [-0.25, -0.2) is 0 Å². The molecule has 0 saturated heterocycles. The van der Waals surface area contributed by atoms with E-state index in [1.165, 1.54) is 5.56 Å². The lowest BCUT2D eigenvalue weighted by atomic mass is 10.2. The van der Waals surface area contributed by atoms with Gasteiger partial charge < -0.3 is 9.47 Å². The molecule has 0 aliphatic heterocycles. The number of nitrogens with one attached hydrogen (secondary N) is 2. The number of para-hydroxylation sites is 1. The van der Waals surface area contributed by atoms with Crippen LogP contribution < -0.4 is 20.3 Å². The van der Waals surface area contributed by atoms with Gasteiger partial charge in [-0.2, -0.15) is 0 Å². The van der Waals surface area contributed by atoms with Crippen LogP contribution in [-0.2, 0) is 11.2 Å². The molecule has 0 fully saturated rings. The van der Waals surface area contributed by atoms with Crippen molar-refractivity contribution in [1.29, 1.82) is 0 Å². The van der Waals surface area contributed by atoms with Crippen LogP contribution in [0.5, 0.6) is 11.5 Å². The topological polar surface area (TPSA) is 76.7 Å². The summed E-state index contributed by atoms with van der Waals surface area (Å²) in [7, 11) is 0. The molecule has 0 unspecified atom stereocenters. The smallest absolute Gasteiger partial charge is 0.276 e. The third kappa shape index (κ3) is 6.53. The van der Waals surface area contributed by atoms with Crippen molar-refractivity contribution in [1.82, 2.24) is 10.9 Å². The maximum atomic E-state index is 12.3. The monoisotopic (exact) mass is 424 g/mol. The van der Waals surface area contributed by atoms with Crippen molar-refractivity contribution in [3.63, 3.8) is 0 Å². The summed E-state index contributed by atoms with van der Waals surface area (Å²) in [5.74, 6) is -0.0129. The van der Waals surface area contributed by atoms with Crippen LogP contribution in [0.25, 0.3) is 0 Å². The first-order valence-electron chi connectivity index (χ1n) is 9.35. The number of hydrazine groups is 1. The van der Waals surface area contributed by atoms with Crippen LogP contribution in [0.3, 0.4) is 0 Å². The van der Waals surface area contributed by atoms with E-state index in [1.807, 2.05) is 30.3 Å². The van der Waals surface area contributed by atoms with E-state index in [0.717, 1.165) is 6.42 Å². The fraction of sp³-hybridized carbons (Fsp3) is 0.130. The summed E-state index contributed by atoms with van der Waals surface area (Å²) in [5.41, 5.74) is 6.19. The van der Waals surface area contributed by atoms with Crippen molar-refractivity contribution in [3.05, 3.63) is 95.0 Å². The first-order valence-corrected chi connectivity index (χ1v) is 9.73. The van der Waals surface area contributed by atoms with E-state index in [9.17, 15) is 9.59 Å². The minimum atomic E-state index is -0.515. The predicted molar refractivity (Wildman–Crippen MR) is 115 cm³/mol. The van der Waals surface area contributed by atoms with Crippen LogP contribution in [0.2, 0.25) is 5.02 Å². The van der Waals surface area contributed by atoms with Crippen LogP contribution in [0.15, 0.2) is 78.9 Å². The number of rotatable bonds is 8. The Labute approximate surface area is 179 Å². The van der Waals surface area contributed by atoms with Crippen LogP contribution in [0, 0.1) is 0 Å². The fourth-order valence-corrected chi connectivity index (χ4v) is 2.79. The van der Waals surface area contributed by atoms with Gasteiger partial charge in [0.15, 0.2) is 6.61 Å². The number of benzene rings is 3. The van der Waals surface area contributed by atoms with Gasteiger partial charge in [-0.1, -0.05) is 60.1 Å². The second-order valence-corrected chi connectivity index (χ2v) is 6.74. The summed E-state index contributed by atoms with van der Waals surface area (Å²) in [6.07, 6.45) is 0.763. The molecule has 154 valence electrons. The van der Waals surface area contributed by atoms with Gasteiger partial charge in [0.05, 0.1) is 11.6 Å². The lowest BCUT2D eigenvalue weighted by molar-refractivity contribution is -0.123. The van der Waals surface area contributed by atoms with Gasteiger partial charge in [-0.15, -0.1) is 0 Å². The average molecular weight is 425 g/mol. The number of carbonyl (C=O) groups excluding carboxylic acids is 2. The largest absolute Gasteiger partial charge is 0.493 e. The summed E-state index contributed by atoms with van der Waals surface area (Å²) in [4.78, 5) is 24.2. The summed E-state index contributed by atoms with van der Waals surface area (Å²) in [5, 5.41) is 0.401. The van der Waals surface area contributed by atoms with Gasteiger partial charge in [0.2, 0.25) is 0 Å². The molecule has 7 heteroatoms. The zero-order valence-electron chi connectivity index (χ0n) is 16.1. The quantitative estimate of drug-likeness (QED) is 0.539. The molecule has 0 radical (unpaired) electrons. The Morgan fingerprint density at radius 2 is 1.60 bits per heavy atom. The molecule has 6 nitrogen and oxygen atoms in total. The van der Waals surface area contributed by atoms with Gasteiger partial charge in [-0.3, -0.25) is 20.4 Å². The second-order valence-electron chi connectivity index (χ2n) is 6.33. The summed E-state index contributed by atoms with van der Waals surface area (Å²) >= 11 is 5.96. The highest BCUT2D eigenvalue weighted by Gasteiger charge is 2.10. The summed E-state index contributed by atoms with van der Waals surface area (Å²) in [6.45, 7) is 0.206. The van der Waals surface area contributed by atoms with Gasteiger partial charge in [-0.05, 0) is 35.9 Å². The molecule has 3 aromatic carbocycles. The van der Waals surface area contributed by atoms with Crippen molar-refractivity contribution >= 4 is 23.4 Å². The minimum absolute atomic E-state index is 0.285. The van der Waals surface area contributed by atoms with E-state index in [1.54, 1.807) is 48.5 Å². The molecule has 0 aliphatic carbocycles. The number of halogens is 1. The maximum Gasteiger partial charge on any atom is 0.276 e. The van der Waals surface area contributed by atoms with Crippen molar-refractivity contribution in [2.45, 2.75) is 6.42 Å². The van der Waals surface area contributed by atoms with Crippen LogP contribution in [0.4, 0.5) is 0 Å². The van der Waals surface area contributed by atoms with Crippen molar-refractivity contribution in [2.24, 2.45) is 0 Å². The molecule has 30 heavy (non-hydrogen) atoms. The average Bonchev–Trinajstić information content (AvgIpc) is 2.78. The molecule has 2 N–H and O–H groups in total. The number of amides is 2. The molecular formula is C23H21ClN2O4. The van der Waals surface area contributed by atoms with Gasteiger partial charge in [0.1, 0.15) is 11.5 Å². The van der Waals surface area contributed by atoms with Crippen LogP contribution in [0.1, 0.15) is 15.9 Å². The van der Waals surface area contributed by atoms with Gasteiger partial charge >= 0.3 is 0 Å². The highest BCUT2D eigenvalue weighted by atomic mass is 35.5. The Hall–Kier alpha value is -3.51. The highest BCUT2D eigenvalue weighted by Crippen LogP contribution is 2.22. The Kier molecular flexibility index (Phi) is 7.69. The van der Waals surface area contributed by atoms with Crippen molar-refractivity contribution in [2.75, 3.05) is 13.2 Å². The summed E-state index contributed by atoms with van der Waals surface area (Å²) in [6, 6.07) is 23.5. The Morgan fingerprint density at radius 3 is 2.40 bits per heavy atom. The first-order chi connectivity index (χ1) is 14.6. The Bertz CT molecular complexity index is 995. The lowest BCUT2D eigenvalue weighted by Gasteiger charge is -2.11. The van der Waals surface area contributed by atoms with E-state index >= 15 is 0 Å². The van der Waals surface area contributed by atoms with E-state index < -0.39 is 11.8 Å². The molecule has 3 rings (SSSR count). The molecule has 0 saturated carbocycles. The molecule has 0 bridgehead atoms. The molecular weight excluding hydrogens is 404 g/mol. The van der Waals surface area contributed by atoms with Crippen molar-refractivity contribution < 1.29 is 19.1 Å². The van der Waals surface area contributed by atoms with E-state index in [4.69, 9.17) is 21.1 Å². The highest BCUT2D eigenvalue weighted by molar-refractivity contribution is 6.32. The zero-order chi connectivity index (χ0) is 21.2. The molecule has 0 atom stereocenters. The SMILES string of the molecule is O=C(COc1ccccc1Cl)NNC(=O)c1cccc(OCCc2ccccc2)c1. The van der Waals surface area contributed by atoms with Crippen LogP contribution in [-0.4, -0.2) is 25.0 Å². The Morgan fingerprint density at radius 1 is 0.833 bits per heavy atom. The molecule has 0 spiro atoms. The second kappa shape index (κ2) is 10.9. The molecule has 0 aromatic heterocycles. The van der Waals surface area contributed by atoms with E-state index in [2.05, 4.69) is 10.9 Å². The molecule has 0 aliphatic rings. The third-order valence-electron chi connectivity index (χ3n) is 4.11.